The summed E-state index contributed by atoms with van der Waals surface area (Å²) in [5.74, 6) is 0. The predicted octanol–water partition coefficient (Wildman–Crippen LogP) is 9.17. The Labute approximate surface area is 182 Å². The minimum atomic E-state index is 1.03. The van der Waals surface area contributed by atoms with Crippen molar-refractivity contribution in [2.24, 2.45) is 0 Å². The van der Waals surface area contributed by atoms with Gasteiger partial charge in [-0.25, -0.2) is 0 Å². The van der Waals surface area contributed by atoms with E-state index in [-0.39, 0.29) is 0 Å². The molecule has 0 amide bonds. The van der Waals surface area contributed by atoms with Gasteiger partial charge in [0.25, 0.3) is 0 Å². The van der Waals surface area contributed by atoms with Gasteiger partial charge in [0.15, 0.2) is 0 Å². The van der Waals surface area contributed by atoms with Crippen LogP contribution in [-0.4, -0.2) is 0 Å². The second-order valence-electron chi connectivity index (χ2n) is 5.67. The third-order valence-corrected chi connectivity index (χ3v) is 3.93. The van der Waals surface area contributed by atoms with Crippen LogP contribution in [0, 0.1) is 0 Å². The summed E-state index contributed by atoms with van der Waals surface area (Å²) in [6.07, 6.45) is 3.29. The van der Waals surface area contributed by atoms with Crippen LogP contribution in [0.15, 0.2) is 84.9 Å². The average Bonchev–Trinajstić information content (AvgIpc) is 2.85. The van der Waals surface area contributed by atoms with Crippen molar-refractivity contribution in [2.75, 3.05) is 0 Å². The molecule has 0 bridgehead atoms. The first kappa shape index (κ1) is 28.9. The molecular formula is C29H44. The largest absolute Gasteiger partial charge is 0.0683 e. The number of hydrogen-bond donors (Lipinski definition) is 0. The summed E-state index contributed by atoms with van der Waals surface area (Å²) in [5, 5.41) is 0. The quantitative estimate of drug-likeness (QED) is 0.415. The van der Waals surface area contributed by atoms with Crippen molar-refractivity contribution >= 4 is 0 Å². The molecule has 0 fully saturated rings. The molecule has 0 saturated heterocycles. The zero-order valence-corrected chi connectivity index (χ0v) is 20.2. The summed E-state index contributed by atoms with van der Waals surface area (Å²) in [6.45, 7) is 16.3. The molecule has 0 aliphatic carbocycles. The first-order chi connectivity index (χ1) is 14.3. The zero-order chi connectivity index (χ0) is 22.3. The SMILES string of the molecule is CC.CC.CC.CCc1ccc(Cc2ccccc2)cc1.CCc1ccccc1. The fraction of sp³-hybridized carbons (Fsp3) is 0.379. The number of hydrogen-bond acceptors (Lipinski definition) is 0. The van der Waals surface area contributed by atoms with E-state index in [1.54, 1.807) is 0 Å². The molecule has 3 aromatic rings. The lowest BCUT2D eigenvalue weighted by Gasteiger charge is -2.02. The standard InChI is InChI=1S/C15H16.C8H10.3C2H6/c1-2-13-8-10-15(11-9-13)12-14-6-4-3-5-7-14;1-2-8-6-4-3-5-7-8;3*1-2/h3-11H,2,12H2,1H3;3-7H,2H2,1H3;3*1-2H3. The van der Waals surface area contributed by atoms with Gasteiger partial charge in [0, 0.05) is 0 Å². The van der Waals surface area contributed by atoms with Gasteiger partial charge < -0.3 is 0 Å². The topological polar surface area (TPSA) is 0 Å². The zero-order valence-electron chi connectivity index (χ0n) is 20.2. The highest BCUT2D eigenvalue weighted by Crippen LogP contribution is 2.10. The van der Waals surface area contributed by atoms with Gasteiger partial charge in [0.1, 0.15) is 0 Å². The highest BCUT2D eigenvalue weighted by Gasteiger charge is 1.95. The van der Waals surface area contributed by atoms with Crippen LogP contribution in [0.2, 0.25) is 0 Å². The van der Waals surface area contributed by atoms with Crippen LogP contribution in [0.25, 0.3) is 0 Å². The Balaban J connectivity index is 0. The van der Waals surface area contributed by atoms with Gasteiger partial charge in [-0.05, 0) is 41.5 Å². The molecule has 0 spiro atoms. The Morgan fingerprint density at radius 3 is 1.00 bits per heavy atom. The normalized spacial score (nSPS) is 8.41. The summed E-state index contributed by atoms with van der Waals surface area (Å²) < 4.78 is 0. The maximum absolute atomic E-state index is 2.23. The van der Waals surface area contributed by atoms with Gasteiger partial charge in [0.2, 0.25) is 0 Å². The van der Waals surface area contributed by atoms with E-state index < -0.39 is 0 Å². The van der Waals surface area contributed by atoms with E-state index in [1.807, 2.05) is 47.6 Å². The molecule has 0 heteroatoms. The Morgan fingerprint density at radius 1 is 0.379 bits per heavy atom. The van der Waals surface area contributed by atoms with Crippen LogP contribution in [-0.2, 0) is 19.3 Å². The van der Waals surface area contributed by atoms with Crippen molar-refractivity contribution in [3.8, 4) is 0 Å². The molecule has 0 unspecified atom stereocenters. The van der Waals surface area contributed by atoms with Crippen molar-refractivity contribution in [3.63, 3.8) is 0 Å². The van der Waals surface area contributed by atoms with E-state index in [0.717, 1.165) is 19.3 Å². The molecule has 3 rings (SSSR count). The molecule has 0 N–H and O–H groups in total. The maximum atomic E-state index is 2.23. The number of rotatable bonds is 4. The Morgan fingerprint density at radius 2 is 0.655 bits per heavy atom. The van der Waals surface area contributed by atoms with E-state index >= 15 is 0 Å². The van der Waals surface area contributed by atoms with E-state index in [1.165, 1.54) is 22.3 Å². The third kappa shape index (κ3) is 14.3. The third-order valence-electron chi connectivity index (χ3n) is 3.93. The molecule has 0 radical (unpaired) electrons. The number of benzene rings is 3. The van der Waals surface area contributed by atoms with E-state index in [2.05, 4.69) is 92.7 Å². The molecule has 0 saturated carbocycles. The van der Waals surface area contributed by atoms with Crippen molar-refractivity contribution in [1.29, 1.82) is 0 Å². The summed E-state index contributed by atoms with van der Waals surface area (Å²) in [4.78, 5) is 0. The monoisotopic (exact) mass is 392 g/mol. The van der Waals surface area contributed by atoms with Crippen LogP contribution >= 0.6 is 0 Å². The fourth-order valence-electron chi connectivity index (χ4n) is 2.44. The Kier molecular flexibility index (Phi) is 21.9. The van der Waals surface area contributed by atoms with Gasteiger partial charge in [-0.2, -0.15) is 0 Å². The van der Waals surface area contributed by atoms with Crippen molar-refractivity contribution in [1.82, 2.24) is 0 Å². The summed E-state index contributed by atoms with van der Waals surface area (Å²) in [6, 6.07) is 29.9. The summed E-state index contributed by atoms with van der Waals surface area (Å²) in [7, 11) is 0. The average molecular weight is 393 g/mol. The second kappa shape index (κ2) is 22.0. The lowest BCUT2D eigenvalue weighted by molar-refractivity contribution is 1.12. The molecule has 0 heterocycles. The molecule has 160 valence electrons. The smallest absolute Gasteiger partial charge is 0.00258 e. The van der Waals surface area contributed by atoms with Crippen LogP contribution in [0.3, 0.4) is 0 Å². The van der Waals surface area contributed by atoms with Gasteiger partial charge in [-0.15, -0.1) is 0 Å². The molecule has 0 aliphatic heterocycles. The molecule has 0 nitrogen and oxygen atoms in total. The molecule has 29 heavy (non-hydrogen) atoms. The van der Waals surface area contributed by atoms with Gasteiger partial charge in [-0.3, -0.25) is 0 Å². The summed E-state index contributed by atoms with van der Waals surface area (Å²) >= 11 is 0. The first-order valence-electron chi connectivity index (χ1n) is 11.5. The summed E-state index contributed by atoms with van der Waals surface area (Å²) in [5.41, 5.74) is 5.58. The second-order valence-corrected chi connectivity index (χ2v) is 5.67. The fourth-order valence-corrected chi connectivity index (χ4v) is 2.44. The highest BCUT2D eigenvalue weighted by molar-refractivity contribution is 5.28. The van der Waals surface area contributed by atoms with E-state index in [0.29, 0.717) is 0 Å². The Hall–Kier alpha value is -2.34. The van der Waals surface area contributed by atoms with Crippen molar-refractivity contribution < 1.29 is 0 Å². The molecule has 0 aliphatic rings. The molecule has 0 atom stereocenters. The van der Waals surface area contributed by atoms with Crippen molar-refractivity contribution in [3.05, 3.63) is 107 Å². The Bertz CT molecular complexity index is 651. The van der Waals surface area contributed by atoms with Gasteiger partial charge >= 0.3 is 0 Å². The van der Waals surface area contributed by atoms with Crippen LogP contribution in [0.1, 0.15) is 77.6 Å². The first-order valence-corrected chi connectivity index (χ1v) is 11.5. The lowest BCUT2D eigenvalue weighted by atomic mass is 10.0. The predicted molar refractivity (Wildman–Crippen MR) is 135 cm³/mol. The molecule has 3 aromatic carbocycles. The highest BCUT2D eigenvalue weighted by atomic mass is 14.0. The van der Waals surface area contributed by atoms with E-state index in [4.69, 9.17) is 0 Å². The minimum absolute atomic E-state index is 1.03. The lowest BCUT2D eigenvalue weighted by Crippen LogP contribution is -1.88. The number of aryl methyl sites for hydroxylation is 2. The minimum Gasteiger partial charge on any atom is -0.0683 e. The van der Waals surface area contributed by atoms with Crippen LogP contribution < -0.4 is 0 Å². The van der Waals surface area contributed by atoms with Gasteiger partial charge in [0.05, 0.1) is 0 Å². The van der Waals surface area contributed by atoms with E-state index in [9.17, 15) is 0 Å². The van der Waals surface area contributed by atoms with Crippen LogP contribution in [0.4, 0.5) is 0 Å². The van der Waals surface area contributed by atoms with Crippen molar-refractivity contribution in [2.45, 2.75) is 74.7 Å². The maximum Gasteiger partial charge on any atom is -0.00258 e. The van der Waals surface area contributed by atoms with Gasteiger partial charge in [-0.1, -0.05) is 140 Å². The molecule has 0 aromatic heterocycles. The van der Waals surface area contributed by atoms with Crippen LogP contribution in [0.5, 0.6) is 0 Å². The molecular weight excluding hydrogens is 348 g/mol.